The fourth-order valence-corrected chi connectivity index (χ4v) is 3.08. The number of esters is 1. The van der Waals surface area contributed by atoms with E-state index in [9.17, 15) is 19.2 Å². The molecule has 0 aliphatic carbocycles. The van der Waals surface area contributed by atoms with Gasteiger partial charge in [-0.15, -0.1) is 11.8 Å². The number of ether oxygens (including phenoxy) is 1. The zero-order valence-corrected chi connectivity index (χ0v) is 15.2. The van der Waals surface area contributed by atoms with Crippen LogP contribution < -0.4 is 16.0 Å². The molecule has 0 saturated carbocycles. The van der Waals surface area contributed by atoms with Crippen LogP contribution in [0.1, 0.15) is 36.5 Å². The van der Waals surface area contributed by atoms with Crippen molar-refractivity contribution in [1.29, 1.82) is 0 Å². The normalized spacial score (nSPS) is 13.0. The molecule has 1 aliphatic heterocycles. The molecule has 26 heavy (non-hydrogen) atoms. The SMILES string of the molecule is CCCCNC(=O)NC(=O)COC(=O)c1ccc2c(c1)NC(=O)CCS2. The number of benzene rings is 1. The minimum Gasteiger partial charge on any atom is -0.452 e. The smallest absolute Gasteiger partial charge is 0.338 e. The number of unbranched alkanes of at least 4 members (excludes halogenated alkanes) is 1. The van der Waals surface area contributed by atoms with Crippen molar-refractivity contribution in [2.24, 2.45) is 0 Å². The zero-order valence-electron chi connectivity index (χ0n) is 14.4. The van der Waals surface area contributed by atoms with Gasteiger partial charge in [-0.3, -0.25) is 14.9 Å². The number of fused-ring (bicyclic) bond motifs is 1. The lowest BCUT2D eigenvalue weighted by molar-refractivity contribution is -0.123. The molecule has 1 aliphatic rings. The average molecular weight is 379 g/mol. The molecule has 1 heterocycles. The van der Waals surface area contributed by atoms with Gasteiger partial charge < -0.3 is 15.4 Å². The van der Waals surface area contributed by atoms with Crippen molar-refractivity contribution in [2.75, 3.05) is 24.2 Å². The van der Waals surface area contributed by atoms with E-state index in [0.717, 1.165) is 17.7 Å². The van der Waals surface area contributed by atoms with Crippen LogP contribution in [0, 0.1) is 0 Å². The fraction of sp³-hybridized carbons (Fsp3) is 0.412. The van der Waals surface area contributed by atoms with E-state index < -0.39 is 24.5 Å². The molecule has 0 aromatic heterocycles. The highest BCUT2D eigenvalue weighted by Gasteiger charge is 2.17. The number of carbonyl (C=O) groups excluding carboxylic acids is 4. The molecule has 0 bridgehead atoms. The van der Waals surface area contributed by atoms with Crippen LogP contribution in [-0.2, 0) is 14.3 Å². The largest absolute Gasteiger partial charge is 0.452 e. The molecule has 0 spiro atoms. The maximum atomic E-state index is 12.1. The number of thioether (sulfide) groups is 1. The van der Waals surface area contributed by atoms with Crippen molar-refractivity contribution in [2.45, 2.75) is 31.1 Å². The van der Waals surface area contributed by atoms with E-state index in [1.165, 1.54) is 17.8 Å². The third kappa shape index (κ3) is 6.07. The summed E-state index contributed by atoms with van der Waals surface area (Å²) >= 11 is 1.52. The van der Waals surface area contributed by atoms with Crippen molar-refractivity contribution < 1.29 is 23.9 Å². The Morgan fingerprint density at radius 1 is 1.31 bits per heavy atom. The van der Waals surface area contributed by atoms with Gasteiger partial charge in [0.25, 0.3) is 5.91 Å². The summed E-state index contributed by atoms with van der Waals surface area (Å²) in [7, 11) is 0. The first kappa shape index (κ1) is 19.8. The van der Waals surface area contributed by atoms with E-state index in [4.69, 9.17) is 4.74 Å². The summed E-state index contributed by atoms with van der Waals surface area (Å²) in [6.45, 7) is 1.88. The molecule has 1 aromatic carbocycles. The fourth-order valence-electron chi connectivity index (χ4n) is 2.15. The molecule has 4 amide bonds. The molecule has 0 unspecified atom stereocenters. The van der Waals surface area contributed by atoms with Gasteiger partial charge in [-0.2, -0.15) is 0 Å². The van der Waals surface area contributed by atoms with Gasteiger partial charge in [0.2, 0.25) is 5.91 Å². The number of carbonyl (C=O) groups is 4. The van der Waals surface area contributed by atoms with Crippen molar-refractivity contribution in [3.05, 3.63) is 23.8 Å². The first-order valence-corrected chi connectivity index (χ1v) is 9.29. The Balaban J connectivity index is 1.85. The number of urea groups is 1. The summed E-state index contributed by atoms with van der Waals surface area (Å²) in [6, 6.07) is 4.19. The highest BCUT2D eigenvalue weighted by molar-refractivity contribution is 7.99. The van der Waals surface area contributed by atoms with Crippen LogP contribution in [0.4, 0.5) is 10.5 Å². The van der Waals surface area contributed by atoms with E-state index in [0.29, 0.717) is 24.4 Å². The minimum absolute atomic E-state index is 0.116. The standard InChI is InChI=1S/C17H21N3O5S/c1-2-3-7-18-17(24)20-15(22)10-25-16(23)11-4-5-13-12(9-11)19-14(21)6-8-26-13/h4-5,9H,2-3,6-8,10H2,1H3,(H,19,21)(H2,18,20,22,24). The Morgan fingerprint density at radius 2 is 2.12 bits per heavy atom. The topological polar surface area (TPSA) is 114 Å². The van der Waals surface area contributed by atoms with Gasteiger partial charge in [0, 0.05) is 23.6 Å². The second-order valence-electron chi connectivity index (χ2n) is 5.59. The highest BCUT2D eigenvalue weighted by atomic mass is 32.2. The second-order valence-corrected chi connectivity index (χ2v) is 6.73. The van der Waals surface area contributed by atoms with Crippen LogP contribution >= 0.6 is 11.8 Å². The van der Waals surface area contributed by atoms with Gasteiger partial charge in [0.05, 0.1) is 11.3 Å². The maximum Gasteiger partial charge on any atom is 0.338 e. The second kappa shape index (κ2) is 9.81. The molecule has 0 saturated heterocycles. The summed E-state index contributed by atoms with van der Waals surface area (Å²) < 4.78 is 4.92. The quantitative estimate of drug-likeness (QED) is 0.514. The van der Waals surface area contributed by atoms with E-state index in [1.54, 1.807) is 12.1 Å². The van der Waals surface area contributed by atoms with E-state index in [1.807, 2.05) is 6.92 Å². The van der Waals surface area contributed by atoms with Crippen molar-refractivity contribution in [1.82, 2.24) is 10.6 Å². The van der Waals surface area contributed by atoms with Gasteiger partial charge in [0.15, 0.2) is 6.61 Å². The third-order valence-electron chi connectivity index (χ3n) is 3.48. The van der Waals surface area contributed by atoms with Crippen molar-refractivity contribution >= 4 is 41.3 Å². The van der Waals surface area contributed by atoms with E-state index in [2.05, 4.69) is 16.0 Å². The Labute approximate surface area is 155 Å². The molecule has 8 nitrogen and oxygen atoms in total. The molecule has 0 fully saturated rings. The number of amides is 4. The summed E-state index contributed by atoms with van der Waals surface area (Å²) in [5.41, 5.74) is 0.762. The van der Waals surface area contributed by atoms with Crippen molar-refractivity contribution in [3.8, 4) is 0 Å². The Hall–Kier alpha value is -2.55. The van der Waals surface area contributed by atoms with Gasteiger partial charge in [-0.05, 0) is 24.6 Å². The number of anilines is 1. The monoisotopic (exact) mass is 379 g/mol. The predicted molar refractivity (Wildman–Crippen MR) is 97.1 cm³/mol. The number of nitrogens with one attached hydrogen (secondary N) is 3. The van der Waals surface area contributed by atoms with Gasteiger partial charge in [-0.25, -0.2) is 9.59 Å². The molecular formula is C17H21N3O5S. The van der Waals surface area contributed by atoms with Crippen LogP contribution in [0.5, 0.6) is 0 Å². The van der Waals surface area contributed by atoms with Crippen LogP contribution in [0.2, 0.25) is 0 Å². The van der Waals surface area contributed by atoms with Gasteiger partial charge in [0.1, 0.15) is 0 Å². The number of rotatable bonds is 6. The summed E-state index contributed by atoms with van der Waals surface area (Å²) in [4.78, 5) is 47.6. The van der Waals surface area contributed by atoms with Crippen molar-refractivity contribution in [3.63, 3.8) is 0 Å². The molecule has 9 heteroatoms. The lowest BCUT2D eigenvalue weighted by atomic mass is 10.2. The van der Waals surface area contributed by atoms with Crippen LogP contribution in [0.15, 0.2) is 23.1 Å². The minimum atomic E-state index is -0.717. The molecule has 140 valence electrons. The average Bonchev–Trinajstić information content (AvgIpc) is 2.79. The number of hydrogen-bond acceptors (Lipinski definition) is 6. The molecular weight excluding hydrogens is 358 g/mol. The molecule has 3 N–H and O–H groups in total. The Bertz CT molecular complexity index is 708. The first-order valence-electron chi connectivity index (χ1n) is 8.31. The predicted octanol–water partition coefficient (Wildman–Crippen LogP) is 1.90. The summed E-state index contributed by atoms with van der Waals surface area (Å²) in [5, 5.41) is 7.34. The summed E-state index contributed by atoms with van der Waals surface area (Å²) in [6.07, 6.45) is 2.13. The lowest BCUT2D eigenvalue weighted by Gasteiger charge is -2.09. The Morgan fingerprint density at radius 3 is 2.88 bits per heavy atom. The van der Waals surface area contributed by atoms with E-state index in [-0.39, 0.29) is 11.5 Å². The Kier molecular flexibility index (Phi) is 7.46. The number of hydrogen-bond donors (Lipinski definition) is 3. The molecule has 0 radical (unpaired) electrons. The van der Waals surface area contributed by atoms with Crippen LogP contribution in [0.3, 0.4) is 0 Å². The molecule has 0 atom stereocenters. The zero-order chi connectivity index (χ0) is 18.9. The van der Waals surface area contributed by atoms with Crippen LogP contribution in [0.25, 0.3) is 0 Å². The third-order valence-corrected chi connectivity index (χ3v) is 4.55. The van der Waals surface area contributed by atoms with Crippen LogP contribution in [-0.4, -0.2) is 42.7 Å². The highest BCUT2D eigenvalue weighted by Crippen LogP contribution is 2.31. The first-order chi connectivity index (χ1) is 12.5. The maximum absolute atomic E-state index is 12.1. The van der Waals surface area contributed by atoms with Gasteiger partial charge in [-0.1, -0.05) is 13.3 Å². The lowest BCUT2D eigenvalue weighted by Crippen LogP contribution is -2.41. The number of imide groups is 1. The van der Waals surface area contributed by atoms with E-state index >= 15 is 0 Å². The summed E-state index contributed by atoms with van der Waals surface area (Å²) in [5.74, 6) is -0.873. The molecule has 1 aromatic rings. The molecule has 2 rings (SSSR count). The van der Waals surface area contributed by atoms with Gasteiger partial charge >= 0.3 is 12.0 Å².